The monoisotopic (exact) mass is 416 g/mol. The summed E-state index contributed by atoms with van der Waals surface area (Å²) in [5.74, 6) is 3.82. The minimum Gasteiger partial charge on any atom is -0.393 e. The Bertz CT molecular complexity index is 653. The summed E-state index contributed by atoms with van der Waals surface area (Å²) in [6, 6.07) is 0. The number of allylic oxidation sites excluding steroid dienone is 1. The lowest BCUT2D eigenvalue weighted by atomic mass is 9.46. The van der Waals surface area contributed by atoms with Gasteiger partial charge in [-0.05, 0) is 111 Å². The molecule has 3 fully saturated rings. The van der Waals surface area contributed by atoms with Gasteiger partial charge in [-0.3, -0.25) is 0 Å². The standard InChI is InChI=1S/C28H48O2/c1-6-28(30)17-16-27(5)21(18-28)10-12-22-23-13-11-20(8-7-9-25(29)19(2)3)26(23,4)15-14-24(22)27/h10,19-20,22-25,29-30H,6-9,11-18H2,1-5H3/t20-,22-,23-,24-,25+,26+,27-,28-/m0/s1. The van der Waals surface area contributed by atoms with Crippen molar-refractivity contribution in [3.8, 4) is 0 Å². The lowest BCUT2D eigenvalue weighted by molar-refractivity contribution is -0.0718. The summed E-state index contributed by atoms with van der Waals surface area (Å²) in [6.45, 7) is 11.6. The van der Waals surface area contributed by atoms with Crippen LogP contribution in [-0.4, -0.2) is 21.9 Å². The predicted molar refractivity (Wildman–Crippen MR) is 125 cm³/mol. The van der Waals surface area contributed by atoms with Gasteiger partial charge in [0.05, 0.1) is 11.7 Å². The number of aliphatic hydroxyl groups excluding tert-OH is 1. The molecule has 0 aromatic heterocycles. The largest absolute Gasteiger partial charge is 0.393 e. The van der Waals surface area contributed by atoms with Crippen LogP contribution in [-0.2, 0) is 0 Å². The lowest BCUT2D eigenvalue weighted by Gasteiger charge is -2.59. The zero-order valence-electron chi connectivity index (χ0n) is 20.4. The summed E-state index contributed by atoms with van der Waals surface area (Å²) in [6.07, 6.45) is 16.8. The van der Waals surface area contributed by atoms with Crippen LogP contribution in [0.15, 0.2) is 11.6 Å². The van der Waals surface area contributed by atoms with E-state index in [4.69, 9.17) is 0 Å². The average Bonchev–Trinajstić information content (AvgIpc) is 3.05. The highest BCUT2D eigenvalue weighted by Gasteiger charge is 2.59. The average molecular weight is 417 g/mol. The molecule has 4 aliphatic carbocycles. The Labute approximate surface area is 185 Å². The Morgan fingerprint density at radius 2 is 1.83 bits per heavy atom. The molecule has 0 unspecified atom stereocenters. The van der Waals surface area contributed by atoms with Crippen molar-refractivity contribution >= 4 is 0 Å². The minimum absolute atomic E-state index is 0.124. The fourth-order valence-corrected chi connectivity index (χ4v) is 8.50. The maximum Gasteiger partial charge on any atom is 0.0682 e. The van der Waals surface area contributed by atoms with E-state index in [1.165, 1.54) is 51.4 Å². The number of fused-ring (bicyclic) bond motifs is 5. The molecule has 0 radical (unpaired) electrons. The predicted octanol–water partition coefficient (Wildman–Crippen LogP) is 6.89. The minimum atomic E-state index is -0.444. The second-order valence-corrected chi connectivity index (χ2v) is 12.6. The molecule has 0 aromatic rings. The normalized spacial score (nSPS) is 46.7. The van der Waals surface area contributed by atoms with Crippen molar-refractivity contribution in [2.75, 3.05) is 0 Å². The second-order valence-electron chi connectivity index (χ2n) is 12.6. The van der Waals surface area contributed by atoms with Crippen LogP contribution < -0.4 is 0 Å². The topological polar surface area (TPSA) is 40.5 Å². The van der Waals surface area contributed by atoms with Gasteiger partial charge in [0.25, 0.3) is 0 Å². The second kappa shape index (κ2) is 8.22. The first-order valence-electron chi connectivity index (χ1n) is 13.2. The van der Waals surface area contributed by atoms with Crippen LogP contribution in [0.25, 0.3) is 0 Å². The highest BCUT2D eigenvalue weighted by Crippen LogP contribution is 2.67. The van der Waals surface area contributed by atoms with Gasteiger partial charge in [-0.2, -0.15) is 0 Å². The molecular weight excluding hydrogens is 368 g/mol. The quantitative estimate of drug-likeness (QED) is 0.463. The molecule has 0 aliphatic heterocycles. The van der Waals surface area contributed by atoms with Gasteiger partial charge < -0.3 is 10.2 Å². The summed E-state index contributed by atoms with van der Waals surface area (Å²) >= 11 is 0. The van der Waals surface area contributed by atoms with E-state index in [-0.39, 0.29) is 6.10 Å². The number of hydrogen-bond donors (Lipinski definition) is 2. The van der Waals surface area contributed by atoms with Crippen molar-refractivity contribution in [3.05, 3.63) is 11.6 Å². The van der Waals surface area contributed by atoms with Crippen molar-refractivity contribution in [2.24, 2.45) is 40.4 Å². The Balaban J connectivity index is 1.46. The lowest BCUT2D eigenvalue weighted by Crippen LogP contribution is -2.52. The number of hydrogen-bond acceptors (Lipinski definition) is 2. The van der Waals surface area contributed by atoms with E-state index < -0.39 is 5.60 Å². The number of rotatable bonds is 6. The highest BCUT2D eigenvalue weighted by atomic mass is 16.3. The molecule has 0 spiro atoms. The van der Waals surface area contributed by atoms with Crippen LogP contribution in [0.3, 0.4) is 0 Å². The fraction of sp³-hybridized carbons (Fsp3) is 0.929. The molecule has 3 saturated carbocycles. The van der Waals surface area contributed by atoms with Gasteiger partial charge in [-0.15, -0.1) is 0 Å². The number of aliphatic hydroxyl groups is 2. The van der Waals surface area contributed by atoms with Gasteiger partial charge in [0, 0.05) is 0 Å². The zero-order valence-corrected chi connectivity index (χ0v) is 20.4. The molecule has 172 valence electrons. The summed E-state index contributed by atoms with van der Waals surface area (Å²) in [4.78, 5) is 0. The molecule has 4 rings (SSSR count). The van der Waals surface area contributed by atoms with E-state index >= 15 is 0 Å². The molecule has 8 atom stereocenters. The van der Waals surface area contributed by atoms with E-state index in [1.807, 2.05) is 0 Å². The third kappa shape index (κ3) is 3.72. The van der Waals surface area contributed by atoms with E-state index in [9.17, 15) is 10.2 Å². The molecule has 4 aliphatic rings. The van der Waals surface area contributed by atoms with Crippen molar-refractivity contribution < 1.29 is 10.2 Å². The van der Waals surface area contributed by atoms with Gasteiger partial charge in [-0.25, -0.2) is 0 Å². The third-order valence-corrected chi connectivity index (χ3v) is 10.9. The van der Waals surface area contributed by atoms with Gasteiger partial charge in [0.15, 0.2) is 0 Å². The third-order valence-electron chi connectivity index (χ3n) is 10.9. The summed E-state index contributed by atoms with van der Waals surface area (Å²) in [7, 11) is 0. The Morgan fingerprint density at radius 3 is 2.53 bits per heavy atom. The Hall–Kier alpha value is -0.340. The molecule has 2 heteroatoms. The first-order valence-corrected chi connectivity index (χ1v) is 13.2. The van der Waals surface area contributed by atoms with E-state index in [2.05, 4.69) is 40.7 Å². The fourth-order valence-electron chi connectivity index (χ4n) is 8.50. The van der Waals surface area contributed by atoms with E-state index in [0.29, 0.717) is 16.7 Å². The van der Waals surface area contributed by atoms with Crippen molar-refractivity contribution in [1.82, 2.24) is 0 Å². The van der Waals surface area contributed by atoms with Crippen molar-refractivity contribution in [3.63, 3.8) is 0 Å². The van der Waals surface area contributed by atoms with Crippen molar-refractivity contribution in [1.29, 1.82) is 0 Å². The molecule has 0 aromatic carbocycles. The maximum absolute atomic E-state index is 11.0. The molecule has 0 heterocycles. The first-order chi connectivity index (χ1) is 14.1. The molecule has 0 amide bonds. The smallest absolute Gasteiger partial charge is 0.0682 e. The molecule has 0 bridgehead atoms. The van der Waals surface area contributed by atoms with Crippen LogP contribution in [0, 0.1) is 40.4 Å². The maximum atomic E-state index is 11.0. The van der Waals surface area contributed by atoms with Gasteiger partial charge in [-0.1, -0.05) is 52.7 Å². The van der Waals surface area contributed by atoms with Gasteiger partial charge in [0.1, 0.15) is 0 Å². The van der Waals surface area contributed by atoms with Crippen molar-refractivity contribution in [2.45, 2.75) is 123 Å². The Morgan fingerprint density at radius 1 is 1.07 bits per heavy atom. The van der Waals surface area contributed by atoms with Gasteiger partial charge >= 0.3 is 0 Å². The highest BCUT2D eigenvalue weighted by molar-refractivity contribution is 5.27. The van der Waals surface area contributed by atoms with Crippen LogP contribution >= 0.6 is 0 Å². The molecule has 0 saturated heterocycles. The zero-order chi connectivity index (χ0) is 21.7. The SMILES string of the molecule is CC[C@]1(O)CC[C@@]2(C)C(=CC[C@H]3[C@@H]4CC[C@H](CCC[C@@H](O)C(C)C)[C@@]4(C)CC[C@@H]32)C1. The van der Waals surface area contributed by atoms with Crippen LogP contribution in [0.4, 0.5) is 0 Å². The summed E-state index contributed by atoms with van der Waals surface area (Å²) in [5, 5.41) is 21.2. The van der Waals surface area contributed by atoms with Gasteiger partial charge in [0.2, 0.25) is 0 Å². The molecule has 30 heavy (non-hydrogen) atoms. The molecular formula is C28H48O2. The Kier molecular flexibility index (Phi) is 6.26. The van der Waals surface area contributed by atoms with Crippen LogP contribution in [0.2, 0.25) is 0 Å². The van der Waals surface area contributed by atoms with Crippen LogP contribution in [0.5, 0.6) is 0 Å². The molecule has 2 nitrogen and oxygen atoms in total. The molecule has 2 N–H and O–H groups in total. The van der Waals surface area contributed by atoms with E-state index in [0.717, 1.165) is 49.4 Å². The van der Waals surface area contributed by atoms with E-state index in [1.54, 1.807) is 5.57 Å². The first kappa shape index (κ1) is 22.8. The summed E-state index contributed by atoms with van der Waals surface area (Å²) < 4.78 is 0. The van der Waals surface area contributed by atoms with Crippen LogP contribution in [0.1, 0.15) is 112 Å². The summed E-state index contributed by atoms with van der Waals surface area (Å²) in [5.41, 5.74) is 2.01.